The summed E-state index contributed by atoms with van der Waals surface area (Å²) in [4.78, 5) is 26.0. The molecule has 2 heterocycles. The maximum atomic E-state index is 13.0. The van der Waals surface area contributed by atoms with Gasteiger partial charge in [-0.25, -0.2) is 9.59 Å². The van der Waals surface area contributed by atoms with E-state index in [1.165, 1.54) is 5.56 Å². The quantitative estimate of drug-likeness (QED) is 0.823. The summed E-state index contributed by atoms with van der Waals surface area (Å²) in [6.45, 7) is 3.37. The van der Waals surface area contributed by atoms with Gasteiger partial charge >= 0.3 is 12.2 Å². The van der Waals surface area contributed by atoms with Crippen molar-refractivity contribution in [2.45, 2.75) is 31.4 Å². The summed E-state index contributed by atoms with van der Waals surface area (Å²) in [5.41, 5.74) is 2.68. The van der Waals surface area contributed by atoms with Crippen molar-refractivity contribution in [3.63, 3.8) is 0 Å². The standard InChI is InChI=1S/C22H24N2O4/c1-16-7-9-18(10-8-16)19(17-5-3-2-4-6-17)23-20(25)24-13-11-22(12-14-24)15-27-21(26)28-22/h2-10,19H,11-15H2,1H3,(H,23,25). The van der Waals surface area contributed by atoms with Crippen molar-refractivity contribution in [3.05, 3.63) is 71.3 Å². The van der Waals surface area contributed by atoms with Crippen molar-refractivity contribution < 1.29 is 19.1 Å². The number of amides is 2. The molecule has 0 aromatic heterocycles. The van der Waals surface area contributed by atoms with Crippen molar-refractivity contribution in [1.29, 1.82) is 0 Å². The Morgan fingerprint density at radius 1 is 1.04 bits per heavy atom. The van der Waals surface area contributed by atoms with Crippen molar-refractivity contribution in [3.8, 4) is 0 Å². The molecule has 1 spiro atoms. The van der Waals surface area contributed by atoms with E-state index in [9.17, 15) is 9.59 Å². The lowest BCUT2D eigenvalue weighted by Crippen LogP contribution is -2.51. The number of hydrogen-bond acceptors (Lipinski definition) is 4. The second kappa shape index (κ2) is 7.54. The molecular weight excluding hydrogens is 356 g/mol. The van der Waals surface area contributed by atoms with Crippen LogP contribution in [0, 0.1) is 6.92 Å². The molecule has 6 nitrogen and oxygen atoms in total. The van der Waals surface area contributed by atoms with E-state index in [0.29, 0.717) is 25.9 Å². The molecule has 2 aliphatic rings. The van der Waals surface area contributed by atoms with Crippen LogP contribution in [-0.4, -0.2) is 42.4 Å². The molecule has 2 aliphatic heterocycles. The van der Waals surface area contributed by atoms with Gasteiger partial charge in [0, 0.05) is 25.9 Å². The lowest BCUT2D eigenvalue weighted by molar-refractivity contribution is 0.00921. The van der Waals surface area contributed by atoms with Crippen molar-refractivity contribution in [2.75, 3.05) is 19.7 Å². The van der Waals surface area contributed by atoms with Crippen molar-refractivity contribution in [1.82, 2.24) is 10.2 Å². The number of aryl methyl sites for hydroxylation is 1. The molecule has 146 valence electrons. The Morgan fingerprint density at radius 2 is 1.68 bits per heavy atom. The number of urea groups is 1. The van der Waals surface area contributed by atoms with Gasteiger partial charge in [0.05, 0.1) is 6.04 Å². The van der Waals surface area contributed by atoms with Gasteiger partial charge in [0.25, 0.3) is 0 Å². The number of carbonyl (C=O) groups excluding carboxylic acids is 2. The van der Waals surface area contributed by atoms with Crippen LogP contribution in [-0.2, 0) is 9.47 Å². The third-order valence-corrected chi connectivity index (χ3v) is 5.53. The number of carbonyl (C=O) groups is 2. The predicted octanol–water partition coefficient (Wildman–Crippen LogP) is 3.80. The Balaban J connectivity index is 1.47. The molecular formula is C22H24N2O4. The van der Waals surface area contributed by atoms with E-state index in [4.69, 9.17) is 9.47 Å². The highest BCUT2D eigenvalue weighted by Crippen LogP contribution is 2.32. The van der Waals surface area contributed by atoms with Gasteiger partial charge in [-0.15, -0.1) is 0 Å². The van der Waals surface area contributed by atoms with Crippen LogP contribution < -0.4 is 5.32 Å². The minimum atomic E-state index is -0.610. The van der Waals surface area contributed by atoms with Gasteiger partial charge in [-0.1, -0.05) is 60.2 Å². The monoisotopic (exact) mass is 380 g/mol. The summed E-state index contributed by atoms with van der Waals surface area (Å²) in [5, 5.41) is 3.17. The van der Waals surface area contributed by atoms with Gasteiger partial charge in [-0.05, 0) is 18.1 Å². The van der Waals surface area contributed by atoms with E-state index in [1.54, 1.807) is 4.90 Å². The van der Waals surface area contributed by atoms with Crippen molar-refractivity contribution >= 4 is 12.2 Å². The van der Waals surface area contributed by atoms with Crippen LogP contribution >= 0.6 is 0 Å². The first kappa shape index (κ1) is 18.3. The lowest BCUT2D eigenvalue weighted by atomic mass is 9.92. The average molecular weight is 380 g/mol. The number of ether oxygens (including phenoxy) is 2. The van der Waals surface area contributed by atoms with E-state index >= 15 is 0 Å². The summed E-state index contributed by atoms with van der Waals surface area (Å²) in [6, 6.07) is 17.8. The summed E-state index contributed by atoms with van der Waals surface area (Å²) >= 11 is 0. The number of hydrogen-bond donors (Lipinski definition) is 1. The zero-order chi connectivity index (χ0) is 19.6. The Labute approximate surface area is 164 Å². The number of nitrogens with zero attached hydrogens (tertiary/aromatic N) is 1. The first-order chi connectivity index (χ1) is 13.5. The minimum absolute atomic E-state index is 0.116. The molecule has 2 amide bonds. The van der Waals surface area contributed by atoms with Gasteiger partial charge in [-0.3, -0.25) is 0 Å². The summed E-state index contributed by atoms with van der Waals surface area (Å²) in [6.07, 6.45) is 0.570. The molecule has 2 saturated heterocycles. The van der Waals surface area contributed by atoms with Crippen LogP contribution in [0.3, 0.4) is 0 Å². The van der Waals surface area contributed by atoms with E-state index in [2.05, 4.69) is 17.4 Å². The Morgan fingerprint density at radius 3 is 2.29 bits per heavy atom. The summed E-state index contributed by atoms with van der Waals surface area (Å²) < 4.78 is 10.3. The van der Waals surface area contributed by atoms with Crippen LogP contribution in [0.5, 0.6) is 0 Å². The fraction of sp³-hybridized carbons (Fsp3) is 0.364. The third-order valence-electron chi connectivity index (χ3n) is 5.53. The van der Waals surface area contributed by atoms with Crippen LogP contribution in [0.15, 0.2) is 54.6 Å². The molecule has 2 fully saturated rings. The normalized spacial score (nSPS) is 19.0. The molecule has 28 heavy (non-hydrogen) atoms. The van der Waals surface area contributed by atoms with Gasteiger partial charge in [0.2, 0.25) is 0 Å². The predicted molar refractivity (Wildman–Crippen MR) is 104 cm³/mol. The number of likely N-dealkylation sites (tertiary alicyclic amines) is 1. The molecule has 0 aliphatic carbocycles. The molecule has 0 bridgehead atoms. The summed E-state index contributed by atoms with van der Waals surface area (Å²) in [5.74, 6) is 0. The Bertz CT molecular complexity index is 843. The van der Waals surface area contributed by atoms with Gasteiger partial charge < -0.3 is 19.7 Å². The molecule has 0 saturated carbocycles. The zero-order valence-electron chi connectivity index (χ0n) is 15.9. The average Bonchev–Trinajstić information content (AvgIpc) is 3.08. The Kier molecular flexibility index (Phi) is 4.94. The molecule has 2 aromatic rings. The molecule has 0 radical (unpaired) electrons. The number of benzene rings is 2. The Hall–Kier alpha value is -3.02. The number of cyclic esters (lactones) is 1. The maximum absolute atomic E-state index is 13.0. The van der Waals surface area contributed by atoms with E-state index in [0.717, 1.165) is 11.1 Å². The van der Waals surface area contributed by atoms with Crippen LogP contribution in [0.4, 0.5) is 9.59 Å². The molecule has 2 aromatic carbocycles. The SMILES string of the molecule is Cc1ccc(C(NC(=O)N2CCC3(CC2)COC(=O)O3)c2ccccc2)cc1. The summed E-state index contributed by atoms with van der Waals surface area (Å²) in [7, 11) is 0. The second-order valence-corrected chi connectivity index (χ2v) is 7.51. The largest absolute Gasteiger partial charge is 0.509 e. The van der Waals surface area contributed by atoms with E-state index < -0.39 is 11.8 Å². The fourth-order valence-electron chi connectivity index (χ4n) is 3.77. The van der Waals surface area contributed by atoms with Crippen molar-refractivity contribution in [2.24, 2.45) is 0 Å². The lowest BCUT2D eigenvalue weighted by Gasteiger charge is -2.37. The first-order valence-electron chi connectivity index (χ1n) is 9.57. The third kappa shape index (κ3) is 3.81. The minimum Gasteiger partial charge on any atom is -0.430 e. The van der Waals surface area contributed by atoms with Crippen LogP contribution in [0.1, 0.15) is 35.6 Å². The molecule has 1 N–H and O–H groups in total. The van der Waals surface area contributed by atoms with Gasteiger partial charge in [-0.2, -0.15) is 0 Å². The molecule has 4 rings (SSSR count). The second-order valence-electron chi connectivity index (χ2n) is 7.51. The maximum Gasteiger partial charge on any atom is 0.509 e. The zero-order valence-corrected chi connectivity index (χ0v) is 15.9. The topological polar surface area (TPSA) is 67.9 Å². The number of rotatable bonds is 3. The van der Waals surface area contributed by atoms with Gasteiger partial charge in [0.15, 0.2) is 5.60 Å². The van der Waals surface area contributed by atoms with Crippen LogP contribution in [0.2, 0.25) is 0 Å². The highest BCUT2D eigenvalue weighted by Gasteiger charge is 2.45. The fourth-order valence-corrected chi connectivity index (χ4v) is 3.77. The highest BCUT2D eigenvalue weighted by atomic mass is 16.8. The number of piperidine rings is 1. The highest BCUT2D eigenvalue weighted by molar-refractivity contribution is 5.75. The van der Waals surface area contributed by atoms with E-state index in [1.807, 2.05) is 49.4 Å². The smallest absolute Gasteiger partial charge is 0.430 e. The first-order valence-corrected chi connectivity index (χ1v) is 9.57. The van der Waals surface area contributed by atoms with Gasteiger partial charge in [0.1, 0.15) is 6.61 Å². The number of nitrogens with one attached hydrogen (secondary N) is 1. The molecule has 1 unspecified atom stereocenters. The van der Waals surface area contributed by atoms with Crippen LogP contribution in [0.25, 0.3) is 0 Å². The molecule has 1 atom stereocenters. The van der Waals surface area contributed by atoms with E-state index in [-0.39, 0.29) is 18.7 Å². The molecule has 6 heteroatoms.